The van der Waals surface area contributed by atoms with Crippen LogP contribution >= 0.6 is 7.82 Å². The fourth-order valence-corrected chi connectivity index (χ4v) is 3.83. The molecule has 0 unspecified atom stereocenters. The van der Waals surface area contributed by atoms with Gasteiger partial charge in [-0.2, -0.15) is 0 Å². The van der Waals surface area contributed by atoms with Crippen molar-refractivity contribution in [2.75, 3.05) is 6.54 Å². The van der Waals surface area contributed by atoms with Gasteiger partial charge < -0.3 is 31.3 Å². The minimum Gasteiger partial charge on any atom is -0.481 e. The van der Waals surface area contributed by atoms with Crippen molar-refractivity contribution in [1.82, 2.24) is 16.0 Å². The van der Waals surface area contributed by atoms with Gasteiger partial charge in [-0.1, -0.05) is 25.0 Å². The number of aliphatic carboxylic acids is 1. The number of hydrogen-bond donors (Lipinski definition) is 7. The van der Waals surface area contributed by atoms with Crippen molar-refractivity contribution in [1.29, 1.82) is 0 Å². The summed E-state index contributed by atoms with van der Waals surface area (Å²) in [4.78, 5) is 77.0. The van der Waals surface area contributed by atoms with Crippen molar-refractivity contribution in [3.05, 3.63) is 29.8 Å². The molecule has 1 aromatic carbocycles. The Bertz CT molecular complexity index is 1010. The minimum absolute atomic E-state index is 0.0276. The van der Waals surface area contributed by atoms with Crippen molar-refractivity contribution in [3.8, 4) is 5.75 Å². The van der Waals surface area contributed by atoms with Gasteiger partial charge in [-0.3, -0.25) is 33.8 Å². The smallest absolute Gasteiger partial charge is 0.481 e. The summed E-state index contributed by atoms with van der Waals surface area (Å²) in [7, 11) is -4.74. The monoisotopic (exact) mass is 558 g/mol. The summed E-state index contributed by atoms with van der Waals surface area (Å²) in [6.07, 6.45) is 2.46. The minimum atomic E-state index is -4.74. The number of hydrogen-bond acceptors (Lipinski definition) is 7. The van der Waals surface area contributed by atoms with E-state index in [9.17, 15) is 28.5 Å². The molecule has 0 heterocycles. The molecule has 0 radical (unpaired) electrons. The fourth-order valence-electron chi connectivity index (χ4n) is 3.44. The Balaban J connectivity index is 2.80. The molecule has 0 saturated carbocycles. The van der Waals surface area contributed by atoms with Crippen molar-refractivity contribution >= 4 is 37.4 Å². The quantitative estimate of drug-likeness (QED) is 0.0948. The largest absolute Gasteiger partial charge is 0.524 e. The number of nitrogens with one attached hydrogen (secondary N) is 3. The van der Waals surface area contributed by atoms with Crippen molar-refractivity contribution < 1.29 is 48.0 Å². The van der Waals surface area contributed by atoms with E-state index >= 15 is 0 Å². The molecule has 0 bridgehead atoms. The number of benzene rings is 1. The number of primary amides is 1. The van der Waals surface area contributed by atoms with Gasteiger partial charge in [0.25, 0.3) is 0 Å². The van der Waals surface area contributed by atoms with Crippen LogP contribution in [0, 0.1) is 0 Å². The highest BCUT2D eigenvalue weighted by Gasteiger charge is 2.27. The summed E-state index contributed by atoms with van der Waals surface area (Å²) in [6, 6.07) is 3.19. The highest BCUT2D eigenvalue weighted by molar-refractivity contribution is 7.46. The molecule has 1 rings (SSSR count). The number of phosphoric ester groups is 1. The zero-order valence-corrected chi connectivity index (χ0v) is 21.9. The van der Waals surface area contributed by atoms with Crippen molar-refractivity contribution in [2.24, 2.45) is 5.73 Å². The fraction of sp³-hybridized carbons (Fsp3) is 0.522. The summed E-state index contributed by atoms with van der Waals surface area (Å²) in [5.41, 5.74) is 5.60. The summed E-state index contributed by atoms with van der Waals surface area (Å²) in [5, 5.41) is 16.7. The molecule has 0 aliphatic heterocycles. The van der Waals surface area contributed by atoms with E-state index in [1.165, 1.54) is 31.2 Å². The number of nitrogens with two attached hydrogens (primary N) is 1. The lowest BCUT2D eigenvalue weighted by atomic mass is 10.0. The van der Waals surface area contributed by atoms with Crippen LogP contribution in [0.15, 0.2) is 24.3 Å². The van der Waals surface area contributed by atoms with Crippen LogP contribution < -0.4 is 26.2 Å². The van der Waals surface area contributed by atoms with E-state index in [0.29, 0.717) is 18.4 Å². The second-order valence-electron chi connectivity index (χ2n) is 8.60. The van der Waals surface area contributed by atoms with Gasteiger partial charge in [-0.25, -0.2) is 4.57 Å². The second kappa shape index (κ2) is 16.4. The summed E-state index contributed by atoms with van der Waals surface area (Å²) >= 11 is 0. The van der Waals surface area contributed by atoms with Gasteiger partial charge in [-0.05, 0) is 37.0 Å². The molecule has 0 aliphatic rings. The van der Waals surface area contributed by atoms with Crippen molar-refractivity contribution in [2.45, 2.75) is 70.4 Å². The molecule has 0 aliphatic carbocycles. The first kappa shape index (κ1) is 32.5. The zero-order chi connectivity index (χ0) is 28.7. The average molecular weight is 559 g/mol. The van der Waals surface area contributed by atoms with E-state index in [2.05, 4.69) is 20.5 Å². The van der Waals surface area contributed by atoms with Gasteiger partial charge in [-0.15, -0.1) is 0 Å². The first-order chi connectivity index (χ1) is 17.8. The number of carboxylic acids is 1. The zero-order valence-electron chi connectivity index (χ0n) is 21.1. The molecule has 0 spiro atoms. The molecule has 0 fully saturated rings. The Morgan fingerprint density at radius 1 is 0.921 bits per heavy atom. The Kier molecular flexibility index (Phi) is 14.0. The van der Waals surface area contributed by atoms with Crippen LogP contribution in [-0.4, -0.2) is 63.1 Å². The molecule has 8 N–H and O–H groups in total. The third-order valence-corrected chi connectivity index (χ3v) is 5.66. The van der Waals surface area contributed by atoms with Crippen LogP contribution in [0.25, 0.3) is 0 Å². The summed E-state index contributed by atoms with van der Waals surface area (Å²) in [5.74, 6) is -3.43. The van der Waals surface area contributed by atoms with E-state index in [1.54, 1.807) is 0 Å². The predicted octanol–water partition coefficient (Wildman–Crippen LogP) is 0.107. The van der Waals surface area contributed by atoms with Crippen LogP contribution in [-0.2, 0) is 35.0 Å². The predicted molar refractivity (Wildman–Crippen MR) is 135 cm³/mol. The van der Waals surface area contributed by atoms with Gasteiger partial charge in [0.2, 0.25) is 23.6 Å². The first-order valence-corrected chi connectivity index (χ1v) is 13.5. The van der Waals surface area contributed by atoms with E-state index < -0.39 is 43.6 Å². The molecule has 4 amide bonds. The topological polar surface area (TPSA) is 234 Å². The number of carbonyl (C=O) groups is 5. The number of phosphoric acid groups is 1. The second-order valence-corrected chi connectivity index (χ2v) is 9.76. The van der Waals surface area contributed by atoms with E-state index in [1.807, 2.05) is 0 Å². The number of unbranched alkanes of at least 4 members (excludes halogenated alkanes) is 3. The first-order valence-electron chi connectivity index (χ1n) is 12.0. The molecule has 0 saturated heterocycles. The molecule has 212 valence electrons. The maximum atomic E-state index is 13.0. The van der Waals surface area contributed by atoms with Gasteiger partial charge in [0.05, 0.1) is 0 Å². The van der Waals surface area contributed by atoms with E-state index in [-0.39, 0.29) is 43.9 Å². The van der Waals surface area contributed by atoms with Gasteiger partial charge in [0.1, 0.15) is 17.8 Å². The van der Waals surface area contributed by atoms with Crippen LogP contribution in [0.5, 0.6) is 5.75 Å². The van der Waals surface area contributed by atoms with Crippen molar-refractivity contribution in [3.63, 3.8) is 0 Å². The molecular weight excluding hydrogens is 523 g/mol. The maximum absolute atomic E-state index is 13.0. The number of carbonyl (C=O) groups excluding carboxylic acids is 4. The average Bonchev–Trinajstić information content (AvgIpc) is 2.80. The molecule has 38 heavy (non-hydrogen) atoms. The Morgan fingerprint density at radius 3 is 2.11 bits per heavy atom. The molecule has 1 aromatic rings. The number of amides is 4. The summed E-state index contributed by atoms with van der Waals surface area (Å²) < 4.78 is 15.4. The van der Waals surface area contributed by atoms with Gasteiger partial charge in [0.15, 0.2) is 0 Å². The lowest BCUT2D eigenvalue weighted by molar-refractivity contribution is -0.138. The van der Waals surface area contributed by atoms with Crippen LogP contribution in [0.1, 0.15) is 57.4 Å². The molecule has 2 atom stereocenters. The van der Waals surface area contributed by atoms with Gasteiger partial charge in [0, 0.05) is 32.7 Å². The van der Waals surface area contributed by atoms with Crippen LogP contribution in [0.4, 0.5) is 0 Å². The number of carboxylic acid groups (broad SMARTS) is 1. The van der Waals surface area contributed by atoms with Crippen LogP contribution in [0.2, 0.25) is 0 Å². The normalized spacial score (nSPS) is 12.6. The van der Waals surface area contributed by atoms with E-state index in [0.717, 1.165) is 12.8 Å². The lowest BCUT2D eigenvalue weighted by Gasteiger charge is -2.23. The lowest BCUT2D eigenvalue weighted by Crippen LogP contribution is -2.54. The third-order valence-electron chi connectivity index (χ3n) is 5.21. The molecular formula is C23H35N4O10P. The van der Waals surface area contributed by atoms with Gasteiger partial charge >= 0.3 is 13.8 Å². The van der Waals surface area contributed by atoms with E-state index in [4.69, 9.17) is 20.6 Å². The maximum Gasteiger partial charge on any atom is 0.524 e. The molecule has 0 aromatic heterocycles. The third kappa shape index (κ3) is 14.9. The molecule has 14 nitrogen and oxygen atoms in total. The highest BCUT2D eigenvalue weighted by Crippen LogP contribution is 2.37. The summed E-state index contributed by atoms with van der Waals surface area (Å²) in [6.45, 7) is 1.49. The molecule has 15 heteroatoms. The Morgan fingerprint density at radius 2 is 1.55 bits per heavy atom. The highest BCUT2D eigenvalue weighted by atomic mass is 31.2. The Hall–Kier alpha value is -3.48. The number of rotatable bonds is 18. The van der Waals surface area contributed by atoms with Crippen LogP contribution in [0.3, 0.4) is 0 Å². The Labute approximate surface area is 219 Å². The SMILES string of the molecule is CC(=O)N[C@@H](Cc1ccc(OP(=O)(O)O)cc1)C(=O)N[C@@H](CCC(=O)O)C(=O)NCCCCCCC(N)=O. The standard InChI is InChI=1S/C23H35N4O10P/c1-15(28)26-19(14-16-7-9-17(10-8-16)37-38(34,35)36)23(33)27-18(11-12-21(30)31)22(32)25-13-5-3-2-4-6-20(24)29/h7-10,18-19H,2-6,11-14H2,1H3,(H2,24,29)(H,25,32)(H,26,28)(H,27,33)(H,30,31)(H2,34,35,36)/t18-,19-/m0/s1.